The predicted molar refractivity (Wildman–Crippen MR) is 66.7 cm³/mol. The lowest BCUT2D eigenvalue weighted by molar-refractivity contribution is 0.0156. The van der Waals surface area contributed by atoms with Crippen LogP contribution in [0.5, 0.6) is 0 Å². The van der Waals surface area contributed by atoms with Crippen LogP contribution in [-0.2, 0) is 11.2 Å². The van der Waals surface area contributed by atoms with E-state index in [1.165, 1.54) is 12.8 Å². The Labute approximate surface area is 103 Å². The molecule has 4 nitrogen and oxygen atoms in total. The van der Waals surface area contributed by atoms with Crippen molar-refractivity contribution in [1.82, 2.24) is 9.97 Å². The molecule has 2 N–H and O–H groups in total. The van der Waals surface area contributed by atoms with Crippen LogP contribution in [0.1, 0.15) is 49.3 Å². The van der Waals surface area contributed by atoms with Crippen LogP contribution < -0.4 is 5.73 Å². The maximum absolute atomic E-state index is 5.84. The number of nitrogens with zero attached hydrogens (tertiary/aromatic N) is 2. The Kier molecular flexibility index (Phi) is 4.07. The molecule has 1 aliphatic rings. The van der Waals surface area contributed by atoms with E-state index in [0.29, 0.717) is 6.10 Å². The third kappa shape index (κ3) is 3.23. The Morgan fingerprint density at radius 3 is 2.94 bits per heavy atom. The Morgan fingerprint density at radius 2 is 2.35 bits per heavy atom. The summed E-state index contributed by atoms with van der Waals surface area (Å²) in [5.74, 6) is 0.874. The molecular weight excluding hydrogens is 214 g/mol. The van der Waals surface area contributed by atoms with E-state index in [-0.39, 0.29) is 6.04 Å². The molecule has 1 unspecified atom stereocenters. The van der Waals surface area contributed by atoms with E-state index in [1.807, 2.05) is 20.0 Å². The SMILES string of the molecule is Cc1nc(CC2CCCCO2)ncc1[C@@H](C)N. The fourth-order valence-corrected chi connectivity index (χ4v) is 2.24. The molecule has 1 saturated heterocycles. The molecule has 1 fully saturated rings. The second-order valence-corrected chi connectivity index (χ2v) is 4.81. The van der Waals surface area contributed by atoms with E-state index < -0.39 is 0 Å². The summed E-state index contributed by atoms with van der Waals surface area (Å²) in [6.07, 6.45) is 6.52. The molecule has 0 amide bonds. The highest BCUT2D eigenvalue weighted by Crippen LogP contribution is 2.17. The molecule has 94 valence electrons. The van der Waals surface area contributed by atoms with E-state index in [2.05, 4.69) is 9.97 Å². The Morgan fingerprint density at radius 1 is 1.53 bits per heavy atom. The van der Waals surface area contributed by atoms with Crippen molar-refractivity contribution in [1.29, 1.82) is 0 Å². The van der Waals surface area contributed by atoms with Crippen molar-refractivity contribution in [3.8, 4) is 0 Å². The van der Waals surface area contributed by atoms with E-state index in [1.54, 1.807) is 0 Å². The average Bonchev–Trinajstić information content (AvgIpc) is 2.30. The van der Waals surface area contributed by atoms with Gasteiger partial charge in [0.25, 0.3) is 0 Å². The van der Waals surface area contributed by atoms with Gasteiger partial charge in [-0.05, 0) is 33.1 Å². The summed E-state index contributed by atoms with van der Waals surface area (Å²) in [7, 11) is 0. The summed E-state index contributed by atoms with van der Waals surface area (Å²) in [5, 5.41) is 0. The number of aromatic nitrogens is 2. The van der Waals surface area contributed by atoms with Crippen molar-refractivity contribution < 1.29 is 4.74 Å². The molecular formula is C13H21N3O. The number of aryl methyl sites for hydroxylation is 1. The third-order valence-corrected chi connectivity index (χ3v) is 3.24. The molecule has 1 aliphatic heterocycles. The van der Waals surface area contributed by atoms with Gasteiger partial charge in [-0.3, -0.25) is 0 Å². The zero-order valence-corrected chi connectivity index (χ0v) is 10.6. The molecule has 0 radical (unpaired) electrons. The van der Waals surface area contributed by atoms with Crippen LogP contribution >= 0.6 is 0 Å². The topological polar surface area (TPSA) is 61.0 Å². The van der Waals surface area contributed by atoms with Gasteiger partial charge in [0.15, 0.2) is 0 Å². The highest BCUT2D eigenvalue weighted by atomic mass is 16.5. The first kappa shape index (κ1) is 12.5. The van der Waals surface area contributed by atoms with Gasteiger partial charge in [0.2, 0.25) is 0 Å². The smallest absolute Gasteiger partial charge is 0.131 e. The number of hydrogen-bond donors (Lipinski definition) is 1. The Hall–Kier alpha value is -1.00. The quantitative estimate of drug-likeness (QED) is 0.869. The van der Waals surface area contributed by atoms with Gasteiger partial charge in [-0.15, -0.1) is 0 Å². The summed E-state index contributed by atoms with van der Waals surface area (Å²) in [5.41, 5.74) is 7.86. The average molecular weight is 235 g/mol. The second-order valence-electron chi connectivity index (χ2n) is 4.81. The molecule has 2 rings (SSSR count). The number of hydrogen-bond acceptors (Lipinski definition) is 4. The first-order valence-electron chi connectivity index (χ1n) is 6.36. The minimum atomic E-state index is -0.00465. The van der Waals surface area contributed by atoms with E-state index in [9.17, 15) is 0 Å². The van der Waals surface area contributed by atoms with Crippen molar-refractivity contribution >= 4 is 0 Å². The molecule has 17 heavy (non-hydrogen) atoms. The molecule has 0 spiro atoms. The first-order chi connectivity index (χ1) is 8.16. The van der Waals surface area contributed by atoms with Crippen LogP contribution in [0.15, 0.2) is 6.20 Å². The standard InChI is InChI=1S/C13H21N3O/c1-9(14)12-8-15-13(16-10(12)2)7-11-5-3-4-6-17-11/h8-9,11H,3-7,14H2,1-2H3/t9-,11?/m1/s1. The number of rotatable bonds is 3. The molecule has 4 heteroatoms. The molecule has 0 aromatic carbocycles. The summed E-state index contributed by atoms with van der Waals surface area (Å²) >= 11 is 0. The van der Waals surface area contributed by atoms with Crippen molar-refractivity contribution in [2.24, 2.45) is 5.73 Å². The zero-order chi connectivity index (χ0) is 12.3. The minimum Gasteiger partial charge on any atom is -0.378 e. The highest BCUT2D eigenvalue weighted by molar-refractivity contribution is 5.19. The molecule has 2 atom stereocenters. The van der Waals surface area contributed by atoms with Gasteiger partial charge < -0.3 is 10.5 Å². The molecule has 0 saturated carbocycles. The van der Waals surface area contributed by atoms with Crippen LogP contribution in [0.4, 0.5) is 0 Å². The van der Waals surface area contributed by atoms with E-state index in [4.69, 9.17) is 10.5 Å². The minimum absolute atomic E-state index is 0.00465. The Balaban J connectivity index is 2.04. The summed E-state index contributed by atoms with van der Waals surface area (Å²) in [6, 6.07) is -0.00465. The van der Waals surface area contributed by atoms with E-state index in [0.717, 1.165) is 36.5 Å². The van der Waals surface area contributed by atoms with Gasteiger partial charge in [0, 0.05) is 36.5 Å². The summed E-state index contributed by atoms with van der Waals surface area (Å²) < 4.78 is 5.69. The highest BCUT2D eigenvalue weighted by Gasteiger charge is 2.16. The van der Waals surface area contributed by atoms with Crippen molar-refractivity contribution in [3.63, 3.8) is 0 Å². The summed E-state index contributed by atoms with van der Waals surface area (Å²) in [4.78, 5) is 8.90. The normalized spacial score (nSPS) is 22.4. The van der Waals surface area contributed by atoms with Gasteiger partial charge in [0.1, 0.15) is 5.82 Å². The van der Waals surface area contributed by atoms with Crippen molar-refractivity contribution in [3.05, 3.63) is 23.3 Å². The van der Waals surface area contributed by atoms with Crippen molar-refractivity contribution in [2.45, 2.75) is 51.7 Å². The molecule has 0 bridgehead atoms. The third-order valence-electron chi connectivity index (χ3n) is 3.24. The van der Waals surface area contributed by atoms with Gasteiger partial charge in [0.05, 0.1) is 6.10 Å². The fraction of sp³-hybridized carbons (Fsp3) is 0.692. The lowest BCUT2D eigenvalue weighted by atomic mass is 10.1. The van der Waals surface area contributed by atoms with Crippen LogP contribution in [0.2, 0.25) is 0 Å². The Bertz CT molecular complexity index is 373. The molecule has 1 aromatic rings. The van der Waals surface area contributed by atoms with Crippen LogP contribution in [0, 0.1) is 6.92 Å². The monoisotopic (exact) mass is 235 g/mol. The summed E-state index contributed by atoms with van der Waals surface area (Å²) in [6.45, 7) is 4.82. The van der Waals surface area contributed by atoms with Crippen molar-refractivity contribution in [2.75, 3.05) is 6.61 Å². The maximum Gasteiger partial charge on any atom is 0.131 e. The molecule has 2 heterocycles. The van der Waals surface area contributed by atoms with Crippen LogP contribution in [0.25, 0.3) is 0 Å². The van der Waals surface area contributed by atoms with E-state index >= 15 is 0 Å². The van der Waals surface area contributed by atoms with Gasteiger partial charge in [-0.25, -0.2) is 9.97 Å². The van der Waals surface area contributed by atoms with Gasteiger partial charge in [-0.1, -0.05) is 0 Å². The zero-order valence-electron chi connectivity index (χ0n) is 10.6. The second kappa shape index (κ2) is 5.56. The van der Waals surface area contributed by atoms with Gasteiger partial charge >= 0.3 is 0 Å². The van der Waals surface area contributed by atoms with Crippen LogP contribution in [0.3, 0.4) is 0 Å². The fourth-order valence-electron chi connectivity index (χ4n) is 2.24. The number of ether oxygens (including phenoxy) is 1. The lowest BCUT2D eigenvalue weighted by Gasteiger charge is -2.22. The predicted octanol–water partition coefficient (Wildman–Crippen LogP) is 1.92. The largest absolute Gasteiger partial charge is 0.378 e. The molecule has 1 aromatic heterocycles. The first-order valence-corrected chi connectivity index (χ1v) is 6.36. The maximum atomic E-state index is 5.84. The number of nitrogens with two attached hydrogens (primary N) is 1. The molecule has 0 aliphatic carbocycles. The van der Waals surface area contributed by atoms with Gasteiger partial charge in [-0.2, -0.15) is 0 Å². The van der Waals surface area contributed by atoms with Crippen LogP contribution in [-0.4, -0.2) is 22.7 Å². The lowest BCUT2D eigenvalue weighted by Crippen LogP contribution is -2.23.